The maximum absolute atomic E-state index is 13.7. The van der Waals surface area contributed by atoms with Crippen LogP contribution in [0.1, 0.15) is 26.5 Å². The summed E-state index contributed by atoms with van der Waals surface area (Å²) in [6.07, 6.45) is -0.664. The summed E-state index contributed by atoms with van der Waals surface area (Å²) in [6, 6.07) is 5.67. The predicted octanol–water partition coefficient (Wildman–Crippen LogP) is 5.54. The molecule has 0 saturated carbocycles. The van der Waals surface area contributed by atoms with Crippen LogP contribution < -0.4 is 10.6 Å². The van der Waals surface area contributed by atoms with Gasteiger partial charge >= 0.3 is 6.09 Å². The maximum Gasteiger partial charge on any atom is 0.412 e. The number of anilines is 2. The van der Waals surface area contributed by atoms with Crippen molar-refractivity contribution in [2.75, 3.05) is 10.6 Å². The largest absolute Gasteiger partial charge is 0.444 e. The highest BCUT2D eigenvalue weighted by atomic mass is 32.1. The highest BCUT2D eigenvalue weighted by Crippen LogP contribution is 2.27. The Balaban J connectivity index is 1.68. The third-order valence-corrected chi connectivity index (χ3v) is 5.18. The fraction of sp³-hybridized carbons (Fsp3) is 0.250. The lowest BCUT2D eigenvalue weighted by Crippen LogP contribution is -2.27. The number of aromatic nitrogens is 1. The van der Waals surface area contributed by atoms with Gasteiger partial charge in [0.15, 0.2) is 0 Å². The first-order valence-corrected chi connectivity index (χ1v) is 10.6. The van der Waals surface area contributed by atoms with Crippen molar-refractivity contribution in [1.82, 2.24) is 4.98 Å². The lowest BCUT2D eigenvalue weighted by Gasteiger charge is -2.20. The molecule has 0 aliphatic rings. The molecule has 0 aliphatic heterocycles. The van der Waals surface area contributed by atoms with Crippen molar-refractivity contribution < 1.29 is 18.7 Å². The van der Waals surface area contributed by atoms with Crippen molar-refractivity contribution >= 4 is 46.0 Å². The van der Waals surface area contributed by atoms with Crippen LogP contribution in [0.2, 0.25) is 0 Å². The van der Waals surface area contributed by atoms with Crippen LogP contribution in [-0.2, 0) is 16.0 Å². The van der Waals surface area contributed by atoms with Gasteiger partial charge in [0.1, 0.15) is 16.4 Å². The minimum atomic E-state index is -0.695. The number of nitrogens with zero attached hydrogens (tertiary/aromatic N) is 1. The summed E-state index contributed by atoms with van der Waals surface area (Å²) in [7, 11) is 0. The molecular weight excluding hydrogens is 413 g/mol. The number of ether oxygens (including phenoxy) is 1. The summed E-state index contributed by atoms with van der Waals surface area (Å²) in [5, 5.41) is 11.8. The van der Waals surface area contributed by atoms with Crippen molar-refractivity contribution in [2.24, 2.45) is 0 Å². The number of hydrogen-bond acceptors (Lipinski definition) is 6. The fourth-order valence-corrected chi connectivity index (χ4v) is 3.94. The maximum atomic E-state index is 13.7. The fourth-order valence-electron chi connectivity index (χ4n) is 2.41. The molecule has 0 radical (unpaired) electrons. The second kappa shape index (κ2) is 8.71. The molecule has 3 rings (SSSR count). The van der Waals surface area contributed by atoms with Crippen LogP contribution in [0.3, 0.4) is 0 Å². The Hall–Kier alpha value is -2.78. The van der Waals surface area contributed by atoms with Crippen molar-refractivity contribution in [3.63, 3.8) is 0 Å². The Kier molecular flexibility index (Phi) is 6.29. The van der Waals surface area contributed by atoms with Gasteiger partial charge in [0.2, 0.25) is 5.91 Å². The number of hydrogen-bond donors (Lipinski definition) is 2. The van der Waals surface area contributed by atoms with Gasteiger partial charge in [0.05, 0.1) is 23.5 Å². The average molecular weight is 434 g/mol. The first-order chi connectivity index (χ1) is 13.7. The van der Waals surface area contributed by atoms with Gasteiger partial charge in [-0.1, -0.05) is 0 Å². The predicted molar refractivity (Wildman–Crippen MR) is 114 cm³/mol. The van der Waals surface area contributed by atoms with Gasteiger partial charge in [0.25, 0.3) is 0 Å². The molecule has 2 N–H and O–H groups in total. The Morgan fingerprint density at radius 2 is 1.93 bits per heavy atom. The molecule has 0 saturated heterocycles. The Morgan fingerprint density at radius 1 is 1.14 bits per heavy atom. The van der Waals surface area contributed by atoms with Gasteiger partial charge in [-0.05, 0) is 50.4 Å². The molecule has 0 bridgehead atoms. The molecule has 9 heteroatoms. The van der Waals surface area contributed by atoms with E-state index in [1.54, 1.807) is 32.1 Å². The summed E-state index contributed by atoms with van der Waals surface area (Å²) >= 11 is 3.03. The third-order valence-electron chi connectivity index (χ3n) is 3.55. The number of thiazole rings is 1. The van der Waals surface area contributed by atoms with E-state index in [1.165, 1.54) is 23.5 Å². The molecule has 0 aliphatic carbocycles. The van der Waals surface area contributed by atoms with Gasteiger partial charge in [-0.15, -0.1) is 11.3 Å². The molecule has 0 unspecified atom stereocenters. The number of amides is 2. The number of halogens is 1. The molecule has 152 valence electrons. The zero-order valence-corrected chi connectivity index (χ0v) is 17.7. The third kappa shape index (κ3) is 6.10. The molecule has 29 heavy (non-hydrogen) atoms. The smallest absolute Gasteiger partial charge is 0.412 e. The van der Waals surface area contributed by atoms with Gasteiger partial charge in [-0.25, -0.2) is 14.2 Å². The highest BCUT2D eigenvalue weighted by Gasteiger charge is 2.18. The Morgan fingerprint density at radius 3 is 2.62 bits per heavy atom. The van der Waals surface area contributed by atoms with Crippen molar-refractivity contribution in [3.8, 4) is 10.6 Å². The Bertz CT molecular complexity index is 1010. The monoisotopic (exact) mass is 433 g/mol. The highest BCUT2D eigenvalue weighted by molar-refractivity contribution is 7.14. The van der Waals surface area contributed by atoms with Crippen LogP contribution in [0.25, 0.3) is 10.6 Å². The average Bonchev–Trinajstić information content (AvgIpc) is 3.27. The van der Waals surface area contributed by atoms with Crippen molar-refractivity contribution in [3.05, 3.63) is 51.9 Å². The normalized spacial score (nSPS) is 11.2. The van der Waals surface area contributed by atoms with Crippen LogP contribution in [0.4, 0.5) is 20.6 Å². The summed E-state index contributed by atoms with van der Waals surface area (Å²) < 4.78 is 18.9. The number of carbonyl (C=O) groups excluding carboxylic acids is 2. The topological polar surface area (TPSA) is 80.3 Å². The van der Waals surface area contributed by atoms with Crippen LogP contribution in [0.5, 0.6) is 0 Å². The number of nitrogens with one attached hydrogen (secondary N) is 2. The van der Waals surface area contributed by atoms with Crippen LogP contribution in [0, 0.1) is 5.82 Å². The first-order valence-electron chi connectivity index (χ1n) is 8.76. The molecule has 0 atom stereocenters. The Labute approximate surface area is 175 Å². The molecule has 1 aromatic carbocycles. The molecule has 0 fully saturated rings. The van der Waals surface area contributed by atoms with Gasteiger partial charge in [-0.2, -0.15) is 11.3 Å². The van der Waals surface area contributed by atoms with E-state index in [-0.39, 0.29) is 23.7 Å². The molecule has 0 spiro atoms. The van der Waals surface area contributed by atoms with E-state index in [0.717, 1.165) is 16.6 Å². The van der Waals surface area contributed by atoms with E-state index in [1.807, 2.05) is 22.2 Å². The molecule has 6 nitrogen and oxygen atoms in total. The van der Waals surface area contributed by atoms with E-state index in [0.29, 0.717) is 5.69 Å². The minimum absolute atomic E-state index is 0.0308. The molecule has 2 heterocycles. The quantitative estimate of drug-likeness (QED) is 0.554. The number of carbonyl (C=O) groups is 2. The van der Waals surface area contributed by atoms with Crippen LogP contribution in [-0.4, -0.2) is 22.6 Å². The number of thiophene rings is 1. The van der Waals surface area contributed by atoms with E-state index in [4.69, 9.17) is 4.74 Å². The van der Waals surface area contributed by atoms with E-state index < -0.39 is 17.5 Å². The summed E-state index contributed by atoms with van der Waals surface area (Å²) in [6.45, 7) is 5.20. The molecular formula is C20H20FN3O3S2. The zero-order valence-electron chi connectivity index (χ0n) is 16.1. The minimum Gasteiger partial charge on any atom is -0.444 e. The van der Waals surface area contributed by atoms with Crippen LogP contribution in [0.15, 0.2) is 40.4 Å². The number of rotatable bonds is 5. The van der Waals surface area contributed by atoms with Gasteiger partial charge < -0.3 is 10.1 Å². The second-order valence-corrected chi connectivity index (χ2v) is 8.84. The summed E-state index contributed by atoms with van der Waals surface area (Å²) in [5.74, 6) is -0.909. The summed E-state index contributed by atoms with van der Waals surface area (Å²) in [4.78, 5) is 28.9. The zero-order chi connectivity index (χ0) is 21.0. The second-order valence-electron chi connectivity index (χ2n) is 7.20. The van der Waals surface area contributed by atoms with E-state index in [9.17, 15) is 14.0 Å². The van der Waals surface area contributed by atoms with Gasteiger partial charge in [0, 0.05) is 16.3 Å². The van der Waals surface area contributed by atoms with Crippen molar-refractivity contribution in [2.45, 2.75) is 32.8 Å². The SMILES string of the molecule is CC(C)(C)OC(=O)Nc1ccc(F)cc1NC(=O)Cc1csc(-c2ccsc2)n1. The first kappa shape index (κ1) is 20.9. The molecule has 3 aromatic rings. The lowest BCUT2D eigenvalue weighted by atomic mass is 10.2. The van der Waals surface area contributed by atoms with Crippen molar-refractivity contribution in [1.29, 1.82) is 0 Å². The standard InChI is InChI=1S/C20H20FN3O3S2/c1-20(2,3)27-19(26)24-15-5-4-13(21)8-16(15)23-17(25)9-14-11-29-18(22-14)12-6-7-28-10-12/h4-8,10-11H,9H2,1-3H3,(H,23,25)(H,24,26). The molecule has 2 aromatic heterocycles. The van der Waals surface area contributed by atoms with E-state index in [2.05, 4.69) is 15.6 Å². The lowest BCUT2D eigenvalue weighted by molar-refractivity contribution is -0.115. The number of benzene rings is 1. The molecule has 2 amide bonds. The van der Waals surface area contributed by atoms with E-state index >= 15 is 0 Å². The van der Waals surface area contributed by atoms with Crippen LogP contribution >= 0.6 is 22.7 Å². The van der Waals surface area contributed by atoms with Gasteiger partial charge in [-0.3, -0.25) is 10.1 Å². The summed E-state index contributed by atoms with van der Waals surface area (Å²) in [5.41, 5.74) is 1.34.